The molecule has 0 bridgehead atoms. The van der Waals surface area contributed by atoms with E-state index in [1.807, 2.05) is 13.0 Å². The zero-order valence-electron chi connectivity index (χ0n) is 6.17. The van der Waals surface area contributed by atoms with Crippen LogP contribution < -0.4 is 0 Å². The zero-order chi connectivity index (χ0) is 8.27. The van der Waals surface area contributed by atoms with Crippen molar-refractivity contribution in [2.24, 2.45) is 0 Å². The number of aldehydes is 1. The maximum absolute atomic E-state index is 10.3. The van der Waals surface area contributed by atoms with Gasteiger partial charge in [0, 0.05) is 10.2 Å². The highest BCUT2D eigenvalue weighted by molar-refractivity contribution is 9.10. The molecule has 58 valence electrons. The summed E-state index contributed by atoms with van der Waals surface area (Å²) in [6.07, 6.45) is 1.60. The molecule has 0 N–H and O–H groups in total. The summed E-state index contributed by atoms with van der Waals surface area (Å²) < 4.78 is 0.909. The lowest BCUT2D eigenvalue weighted by atomic mass is 10.3. The lowest BCUT2D eigenvalue weighted by Gasteiger charge is -1.97. The van der Waals surface area contributed by atoms with Crippen LogP contribution in [0.3, 0.4) is 0 Å². The molecule has 0 saturated carbocycles. The van der Waals surface area contributed by atoms with Gasteiger partial charge in [-0.2, -0.15) is 0 Å². The second kappa shape index (κ2) is 3.62. The van der Waals surface area contributed by atoms with Crippen molar-refractivity contribution >= 4 is 22.2 Å². The van der Waals surface area contributed by atoms with E-state index in [1.54, 1.807) is 6.07 Å². The highest BCUT2D eigenvalue weighted by atomic mass is 79.9. The maximum atomic E-state index is 10.3. The molecule has 0 spiro atoms. The summed E-state index contributed by atoms with van der Waals surface area (Å²) in [4.78, 5) is 14.4. The van der Waals surface area contributed by atoms with Crippen LogP contribution in [0.1, 0.15) is 23.1 Å². The summed E-state index contributed by atoms with van der Waals surface area (Å²) in [6, 6.07) is 3.61. The summed E-state index contributed by atoms with van der Waals surface area (Å²) in [7, 11) is 0. The van der Waals surface area contributed by atoms with Gasteiger partial charge in [0.1, 0.15) is 5.69 Å². The first-order chi connectivity index (χ1) is 5.26. The summed E-state index contributed by atoms with van der Waals surface area (Å²) >= 11 is 3.30. The lowest BCUT2D eigenvalue weighted by molar-refractivity contribution is 0.111. The fraction of sp³-hybridized carbons (Fsp3) is 0.250. The van der Waals surface area contributed by atoms with Crippen LogP contribution in [0, 0.1) is 0 Å². The minimum Gasteiger partial charge on any atom is -0.296 e. The Hall–Kier alpha value is -0.700. The molecular formula is C8H8BrNO. The minimum absolute atomic E-state index is 0.483. The van der Waals surface area contributed by atoms with Gasteiger partial charge in [0.2, 0.25) is 0 Å². The number of hydrogen-bond acceptors (Lipinski definition) is 2. The molecule has 11 heavy (non-hydrogen) atoms. The number of pyridine rings is 1. The van der Waals surface area contributed by atoms with Crippen molar-refractivity contribution in [3.63, 3.8) is 0 Å². The fourth-order valence-corrected chi connectivity index (χ4v) is 1.31. The molecule has 0 radical (unpaired) electrons. The highest BCUT2D eigenvalue weighted by Gasteiger charge is 1.97. The standard InChI is InChI=1S/C8H8BrNO/c1-2-7-3-6(9)4-8(5-11)10-7/h3-5H,2H2,1H3. The van der Waals surface area contributed by atoms with E-state index >= 15 is 0 Å². The number of halogens is 1. The number of rotatable bonds is 2. The summed E-state index contributed by atoms with van der Waals surface area (Å²) in [5.74, 6) is 0. The number of aromatic nitrogens is 1. The SMILES string of the molecule is CCc1cc(Br)cc(C=O)n1. The minimum atomic E-state index is 0.483. The molecule has 0 fully saturated rings. The highest BCUT2D eigenvalue weighted by Crippen LogP contribution is 2.11. The Labute approximate surface area is 73.8 Å². The van der Waals surface area contributed by atoms with E-state index in [1.165, 1.54) is 0 Å². The molecule has 0 aliphatic heterocycles. The summed E-state index contributed by atoms with van der Waals surface area (Å²) in [6.45, 7) is 2.00. The average Bonchev–Trinajstić information content (AvgIpc) is 2.03. The van der Waals surface area contributed by atoms with Gasteiger partial charge in [-0.3, -0.25) is 4.79 Å². The molecule has 2 nitrogen and oxygen atoms in total. The van der Waals surface area contributed by atoms with Crippen molar-refractivity contribution in [1.29, 1.82) is 0 Å². The van der Waals surface area contributed by atoms with Crippen LogP contribution in [0.2, 0.25) is 0 Å². The molecule has 0 atom stereocenters. The largest absolute Gasteiger partial charge is 0.296 e. The van der Waals surface area contributed by atoms with Gasteiger partial charge in [-0.05, 0) is 18.6 Å². The Bertz CT molecular complexity index is 273. The van der Waals surface area contributed by atoms with Crippen molar-refractivity contribution in [2.75, 3.05) is 0 Å². The van der Waals surface area contributed by atoms with Gasteiger partial charge in [0.15, 0.2) is 6.29 Å². The predicted octanol–water partition coefficient (Wildman–Crippen LogP) is 2.22. The molecule has 1 rings (SSSR count). The molecule has 0 aliphatic rings. The molecule has 0 aliphatic carbocycles. The molecule has 0 aromatic carbocycles. The first-order valence-corrected chi connectivity index (χ1v) is 4.17. The Kier molecular flexibility index (Phi) is 2.76. The number of carbonyl (C=O) groups is 1. The predicted molar refractivity (Wildman–Crippen MR) is 46.7 cm³/mol. The van der Waals surface area contributed by atoms with Gasteiger partial charge >= 0.3 is 0 Å². The van der Waals surface area contributed by atoms with Crippen LogP contribution in [-0.2, 0) is 6.42 Å². The van der Waals surface area contributed by atoms with Crippen LogP contribution in [0.25, 0.3) is 0 Å². The number of aryl methyl sites for hydroxylation is 1. The topological polar surface area (TPSA) is 30.0 Å². The van der Waals surface area contributed by atoms with E-state index in [9.17, 15) is 4.79 Å². The second-order valence-electron chi connectivity index (χ2n) is 2.17. The molecular weight excluding hydrogens is 206 g/mol. The summed E-state index contributed by atoms with van der Waals surface area (Å²) in [5.41, 5.74) is 1.41. The first-order valence-electron chi connectivity index (χ1n) is 3.38. The first kappa shape index (κ1) is 8.40. The normalized spacial score (nSPS) is 9.64. The van der Waals surface area contributed by atoms with Gasteiger partial charge in [-0.1, -0.05) is 22.9 Å². The molecule has 0 amide bonds. The molecule has 1 heterocycles. The smallest absolute Gasteiger partial charge is 0.168 e. The van der Waals surface area contributed by atoms with E-state index in [0.717, 1.165) is 22.9 Å². The second-order valence-corrected chi connectivity index (χ2v) is 3.09. The van der Waals surface area contributed by atoms with Gasteiger partial charge < -0.3 is 0 Å². The van der Waals surface area contributed by atoms with E-state index in [0.29, 0.717) is 5.69 Å². The maximum Gasteiger partial charge on any atom is 0.168 e. The Morgan fingerprint density at radius 3 is 2.91 bits per heavy atom. The summed E-state index contributed by atoms with van der Waals surface area (Å²) in [5, 5.41) is 0. The van der Waals surface area contributed by atoms with Crippen LogP contribution in [-0.4, -0.2) is 11.3 Å². The van der Waals surface area contributed by atoms with E-state index in [4.69, 9.17) is 0 Å². The Morgan fingerprint density at radius 2 is 2.36 bits per heavy atom. The lowest BCUT2D eigenvalue weighted by Crippen LogP contribution is -1.92. The molecule has 3 heteroatoms. The Morgan fingerprint density at radius 1 is 1.64 bits per heavy atom. The van der Waals surface area contributed by atoms with E-state index < -0.39 is 0 Å². The van der Waals surface area contributed by atoms with Crippen LogP contribution in [0.4, 0.5) is 0 Å². The molecule has 1 aromatic heterocycles. The molecule has 0 unspecified atom stereocenters. The fourth-order valence-electron chi connectivity index (χ4n) is 0.814. The van der Waals surface area contributed by atoms with Crippen LogP contribution in [0.5, 0.6) is 0 Å². The van der Waals surface area contributed by atoms with E-state index in [2.05, 4.69) is 20.9 Å². The quantitative estimate of drug-likeness (QED) is 0.706. The number of hydrogen-bond donors (Lipinski definition) is 0. The average molecular weight is 214 g/mol. The van der Waals surface area contributed by atoms with Crippen molar-refractivity contribution in [3.05, 3.63) is 28.0 Å². The third-order valence-electron chi connectivity index (χ3n) is 1.35. The third-order valence-corrected chi connectivity index (χ3v) is 1.80. The van der Waals surface area contributed by atoms with Gasteiger partial charge in [-0.15, -0.1) is 0 Å². The van der Waals surface area contributed by atoms with Gasteiger partial charge in [0.25, 0.3) is 0 Å². The van der Waals surface area contributed by atoms with Gasteiger partial charge in [-0.25, -0.2) is 4.98 Å². The van der Waals surface area contributed by atoms with Crippen LogP contribution >= 0.6 is 15.9 Å². The van der Waals surface area contributed by atoms with Crippen molar-refractivity contribution in [1.82, 2.24) is 4.98 Å². The zero-order valence-corrected chi connectivity index (χ0v) is 7.76. The Balaban J connectivity index is 3.11. The molecule has 0 saturated heterocycles. The van der Waals surface area contributed by atoms with Crippen molar-refractivity contribution in [3.8, 4) is 0 Å². The number of carbonyl (C=O) groups excluding carboxylic acids is 1. The third kappa shape index (κ3) is 2.12. The number of nitrogens with zero attached hydrogens (tertiary/aromatic N) is 1. The van der Waals surface area contributed by atoms with Crippen molar-refractivity contribution < 1.29 is 4.79 Å². The molecule has 1 aromatic rings. The van der Waals surface area contributed by atoms with E-state index in [-0.39, 0.29) is 0 Å². The van der Waals surface area contributed by atoms with Crippen LogP contribution in [0.15, 0.2) is 16.6 Å². The van der Waals surface area contributed by atoms with Crippen molar-refractivity contribution in [2.45, 2.75) is 13.3 Å². The monoisotopic (exact) mass is 213 g/mol. The van der Waals surface area contributed by atoms with Gasteiger partial charge in [0.05, 0.1) is 0 Å².